The summed E-state index contributed by atoms with van der Waals surface area (Å²) >= 11 is 0. The molecule has 0 aliphatic heterocycles. The van der Waals surface area contributed by atoms with Crippen molar-refractivity contribution < 1.29 is 9.90 Å². The van der Waals surface area contributed by atoms with Gasteiger partial charge in [0, 0.05) is 6.54 Å². The molecular weight excluding hydrogens is 214 g/mol. The van der Waals surface area contributed by atoms with Crippen LogP contribution in [-0.4, -0.2) is 23.2 Å². The quantitative estimate of drug-likeness (QED) is 0.688. The minimum absolute atomic E-state index is 0.0481. The molecule has 0 saturated carbocycles. The Hall–Kier alpha value is -0.570. The van der Waals surface area contributed by atoms with Gasteiger partial charge in [0.05, 0.1) is 0 Å². The average Bonchev–Trinajstić information content (AvgIpc) is 2.24. The maximum absolute atomic E-state index is 12.0. The van der Waals surface area contributed by atoms with Crippen molar-refractivity contribution in [2.45, 2.75) is 65.9 Å². The van der Waals surface area contributed by atoms with Crippen molar-refractivity contribution in [2.24, 2.45) is 11.8 Å². The third-order valence-corrected chi connectivity index (χ3v) is 3.27. The van der Waals surface area contributed by atoms with Crippen LogP contribution in [0, 0.1) is 11.8 Å². The summed E-state index contributed by atoms with van der Waals surface area (Å²) in [7, 11) is 0. The number of carbonyl (C=O) groups excluding carboxylic acids is 1. The molecule has 0 aliphatic carbocycles. The van der Waals surface area contributed by atoms with Crippen LogP contribution in [0.25, 0.3) is 0 Å². The highest BCUT2D eigenvalue weighted by Crippen LogP contribution is 2.24. The molecule has 0 saturated heterocycles. The first-order chi connectivity index (χ1) is 7.84. The molecule has 1 unspecified atom stereocenters. The van der Waals surface area contributed by atoms with Crippen LogP contribution < -0.4 is 5.32 Å². The van der Waals surface area contributed by atoms with Crippen molar-refractivity contribution in [1.82, 2.24) is 5.32 Å². The van der Waals surface area contributed by atoms with Gasteiger partial charge in [0.2, 0.25) is 0 Å². The fraction of sp³-hybridized carbons (Fsp3) is 0.929. The number of rotatable bonds is 8. The van der Waals surface area contributed by atoms with E-state index in [1.807, 2.05) is 13.8 Å². The van der Waals surface area contributed by atoms with E-state index in [1.54, 1.807) is 0 Å². The van der Waals surface area contributed by atoms with Crippen molar-refractivity contribution in [3.05, 3.63) is 0 Å². The normalized spacial score (nSPS) is 15.1. The lowest BCUT2D eigenvalue weighted by Gasteiger charge is -2.31. The Bertz CT molecular complexity index is 226. The van der Waals surface area contributed by atoms with Crippen LogP contribution in [0.3, 0.4) is 0 Å². The summed E-state index contributed by atoms with van der Waals surface area (Å²) in [6, 6.07) is 0. The SMILES string of the molecule is CCCCC(O)(C(=O)NCCC(C)C)C(C)C. The summed E-state index contributed by atoms with van der Waals surface area (Å²) in [5.74, 6) is 0.313. The Morgan fingerprint density at radius 1 is 1.29 bits per heavy atom. The number of nitrogens with one attached hydrogen (secondary N) is 1. The lowest BCUT2D eigenvalue weighted by molar-refractivity contribution is -0.145. The van der Waals surface area contributed by atoms with Crippen LogP contribution in [0.15, 0.2) is 0 Å². The Kier molecular flexibility index (Phi) is 7.44. The van der Waals surface area contributed by atoms with Gasteiger partial charge in [0.25, 0.3) is 5.91 Å². The molecular formula is C14H29NO2. The number of unbranched alkanes of at least 4 members (excludes halogenated alkanes) is 1. The minimum atomic E-state index is -1.20. The Labute approximate surface area is 106 Å². The molecule has 1 atom stereocenters. The molecule has 17 heavy (non-hydrogen) atoms. The van der Waals surface area contributed by atoms with Gasteiger partial charge >= 0.3 is 0 Å². The topological polar surface area (TPSA) is 49.3 Å². The average molecular weight is 243 g/mol. The second-order valence-electron chi connectivity index (χ2n) is 5.62. The molecule has 0 fully saturated rings. The third kappa shape index (κ3) is 5.53. The van der Waals surface area contributed by atoms with Gasteiger partial charge in [-0.3, -0.25) is 4.79 Å². The molecule has 0 spiro atoms. The summed E-state index contributed by atoms with van der Waals surface area (Å²) in [5, 5.41) is 13.3. The molecule has 0 heterocycles. The van der Waals surface area contributed by atoms with E-state index in [2.05, 4.69) is 26.1 Å². The lowest BCUT2D eigenvalue weighted by Crippen LogP contribution is -2.50. The fourth-order valence-electron chi connectivity index (χ4n) is 1.74. The molecule has 0 aliphatic rings. The maximum Gasteiger partial charge on any atom is 0.252 e. The van der Waals surface area contributed by atoms with Crippen LogP contribution in [0.2, 0.25) is 0 Å². The highest BCUT2D eigenvalue weighted by atomic mass is 16.3. The number of hydrogen-bond donors (Lipinski definition) is 2. The van der Waals surface area contributed by atoms with Gasteiger partial charge in [-0.2, -0.15) is 0 Å². The van der Waals surface area contributed by atoms with E-state index in [-0.39, 0.29) is 11.8 Å². The summed E-state index contributed by atoms with van der Waals surface area (Å²) in [5.41, 5.74) is -1.20. The first-order valence-corrected chi connectivity index (χ1v) is 6.85. The summed E-state index contributed by atoms with van der Waals surface area (Å²) in [6.45, 7) is 10.8. The number of carbonyl (C=O) groups is 1. The fourth-order valence-corrected chi connectivity index (χ4v) is 1.74. The van der Waals surface area contributed by atoms with Crippen LogP contribution >= 0.6 is 0 Å². The van der Waals surface area contributed by atoms with Gasteiger partial charge in [0.1, 0.15) is 5.60 Å². The second-order valence-corrected chi connectivity index (χ2v) is 5.62. The second kappa shape index (κ2) is 7.70. The van der Waals surface area contributed by atoms with Gasteiger partial charge in [-0.1, -0.05) is 47.5 Å². The van der Waals surface area contributed by atoms with Crippen molar-refractivity contribution in [2.75, 3.05) is 6.54 Å². The van der Waals surface area contributed by atoms with Crippen molar-refractivity contribution in [3.8, 4) is 0 Å². The van der Waals surface area contributed by atoms with Gasteiger partial charge in [-0.05, 0) is 24.7 Å². The maximum atomic E-state index is 12.0. The number of aliphatic hydroxyl groups is 1. The zero-order valence-corrected chi connectivity index (χ0v) is 12.0. The van der Waals surface area contributed by atoms with Gasteiger partial charge in [-0.25, -0.2) is 0 Å². The molecule has 0 aromatic rings. The standard InChI is InChI=1S/C14H29NO2/c1-6-7-9-14(17,12(4)5)13(16)15-10-8-11(2)3/h11-12,17H,6-10H2,1-5H3,(H,15,16). The Balaban J connectivity index is 4.33. The molecule has 0 radical (unpaired) electrons. The molecule has 0 rings (SSSR count). The number of hydrogen-bond acceptors (Lipinski definition) is 2. The molecule has 0 aromatic heterocycles. The van der Waals surface area contributed by atoms with E-state index < -0.39 is 5.60 Å². The predicted molar refractivity (Wildman–Crippen MR) is 71.8 cm³/mol. The zero-order chi connectivity index (χ0) is 13.5. The molecule has 2 N–H and O–H groups in total. The van der Waals surface area contributed by atoms with Crippen molar-refractivity contribution >= 4 is 5.91 Å². The monoisotopic (exact) mass is 243 g/mol. The zero-order valence-electron chi connectivity index (χ0n) is 12.0. The molecule has 3 heteroatoms. The first-order valence-electron chi connectivity index (χ1n) is 6.85. The molecule has 0 aromatic carbocycles. The molecule has 3 nitrogen and oxygen atoms in total. The predicted octanol–water partition coefficient (Wildman–Crippen LogP) is 2.73. The number of amides is 1. The molecule has 102 valence electrons. The van der Waals surface area contributed by atoms with Gasteiger partial charge < -0.3 is 10.4 Å². The third-order valence-electron chi connectivity index (χ3n) is 3.27. The molecule has 0 bridgehead atoms. The Morgan fingerprint density at radius 3 is 2.29 bits per heavy atom. The van der Waals surface area contributed by atoms with Crippen molar-refractivity contribution in [3.63, 3.8) is 0 Å². The van der Waals surface area contributed by atoms with E-state index in [1.165, 1.54) is 0 Å². The van der Waals surface area contributed by atoms with E-state index in [9.17, 15) is 9.90 Å². The van der Waals surface area contributed by atoms with Crippen LogP contribution in [0.5, 0.6) is 0 Å². The van der Waals surface area contributed by atoms with Gasteiger partial charge in [-0.15, -0.1) is 0 Å². The highest BCUT2D eigenvalue weighted by Gasteiger charge is 2.38. The van der Waals surface area contributed by atoms with E-state index in [0.717, 1.165) is 19.3 Å². The lowest BCUT2D eigenvalue weighted by atomic mass is 9.84. The van der Waals surface area contributed by atoms with Crippen molar-refractivity contribution in [1.29, 1.82) is 0 Å². The largest absolute Gasteiger partial charge is 0.380 e. The first kappa shape index (κ1) is 16.4. The molecule has 1 amide bonds. The van der Waals surface area contributed by atoms with Crippen LogP contribution in [-0.2, 0) is 4.79 Å². The summed E-state index contributed by atoms with van der Waals surface area (Å²) in [4.78, 5) is 12.0. The van der Waals surface area contributed by atoms with Gasteiger partial charge in [0.15, 0.2) is 0 Å². The van der Waals surface area contributed by atoms with E-state index in [0.29, 0.717) is 18.9 Å². The van der Waals surface area contributed by atoms with Crippen LogP contribution in [0.1, 0.15) is 60.3 Å². The van der Waals surface area contributed by atoms with Crippen LogP contribution in [0.4, 0.5) is 0 Å². The summed E-state index contributed by atoms with van der Waals surface area (Å²) < 4.78 is 0. The summed E-state index contributed by atoms with van der Waals surface area (Å²) in [6.07, 6.45) is 3.38. The Morgan fingerprint density at radius 2 is 1.88 bits per heavy atom. The highest BCUT2D eigenvalue weighted by molar-refractivity contribution is 5.85. The minimum Gasteiger partial charge on any atom is -0.380 e. The van der Waals surface area contributed by atoms with E-state index in [4.69, 9.17) is 0 Å². The van der Waals surface area contributed by atoms with E-state index >= 15 is 0 Å². The smallest absolute Gasteiger partial charge is 0.252 e.